The first-order chi connectivity index (χ1) is 14.7. The molecule has 0 aromatic heterocycles. The highest BCUT2D eigenvalue weighted by Gasteiger charge is 2.11. The van der Waals surface area contributed by atoms with Crippen molar-refractivity contribution in [3.63, 3.8) is 0 Å². The van der Waals surface area contributed by atoms with E-state index < -0.39 is 0 Å². The Morgan fingerprint density at radius 3 is 2.30 bits per heavy atom. The predicted octanol–water partition coefficient (Wildman–Crippen LogP) is 3.58. The molecule has 2 amide bonds. The van der Waals surface area contributed by atoms with E-state index >= 15 is 0 Å². The first-order valence-corrected chi connectivity index (χ1v) is 9.61. The van der Waals surface area contributed by atoms with Crippen molar-refractivity contribution in [1.82, 2.24) is 5.32 Å². The molecule has 6 nitrogen and oxygen atoms in total. The molecular formula is C24H22N4O2. The van der Waals surface area contributed by atoms with Gasteiger partial charge in [0.25, 0.3) is 5.91 Å². The molecule has 3 aromatic rings. The average molecular weight is 398 g/mol. The molecule has 0 aliphatic heterocycles. The Balaban J connectivity index is 1.53. The first kappa shape index (κ1) is 20.6. The number of nitriles is 1. The second-order valence-corrected chi connectivity index (χ2v) is 6.63. The molecule has 0 radical (unpaired) electrons. The van der Waals surface area contributed by atoms with Crippen LogP contribution in [0.1, 0.15) is 21.5 Å². The zero-order valence-corrected chi connectivity index (χ0v) is 16.4. The fraction of sp³-hybridized carbons (Fsp3) is 0.125. The maximum Gasteiger partial charge on any atom is 0.253 e. The lowest BCUT2D eigenvalue weighted by atomic mass is 10.1. The molecule has 6 heteroatoms. The third kappa shape index (κ3) is 5.94. The van der Waals surface area contributed by atoms with Gasteiger partial charge in [-0.25, -0.2) is 0 Å². The fourth-order valence-corrected chi connectivity index (χ4v) is 2.90. The summed E-state index contributed by atoms with van der Waals surface area (Å²) in [6.07, 6.45) is 0.745. The minimum Gasteiger partial charge on any atom is -0.376 e. The summed E-state index contributed by atoms with van der Waals surface area (Å²) in [6, 6.07) is 25.7. The van der Waals surface area contributed by atoms with Crippen LogP contribution in [0.15, 0.2) is 78.9 Å². The number of hydrogen-bond donors (Lipinski definition) is 3. The molecule has 0 bridgehead atoms. The van der Waals surface area contributed by atoms with Gasteiger partial charge in [0.2, 0.25) is 5.91 Å². The smallest absolute Gasteiger partial charge is 0.253 e. The van der Waals surface area contributed by atoms with Gasteiger partial charge in [-0.3, -0.25) is 9.59 Å². The summed E-state index contributed by atoms with van der Waals surface area (Å²) >= 11 is 0. The van der Waals surface area contributed by atoms with Crippen LogP contribution in [-0.4, -0.2) is 24.9 Å². The van der Waals surface area contributed by atoms with E-state index in [4.69, 9.17) is 5.26 Å². The summed E-state index contributed by atoms with van der Waals surface area (Å²) in [5.41, 5.74) is 3.36. The van der Waals surface area contributed by atoms with E-state index in [0.29, 0.717) is 29.0 Å². The van der Waals surface area contributed by atoms with Crippen LogP contribution in [0.4, 0.5) is 11.4 Å². The highest BCUT2D eigenvalue weighted by molar-refractivity contribution is 6.00. The van der Waals surface area contributed by atoms with Crippen LogP contribution in [0.25, 0.3) is 0 Å². The number of hydrogen-bond acceptors (Lipinski definition) is 4. The molecule has 0 aliphatic carbocycles. The van der Waals surface area contributed by atoms with Gasteiger partial charge in [-0.1, -0.05) is 42.5 Å². The number of carbonyl (C=O) groups excluding carboxylic acids is 2. The van der Waals surface area contributed by atoms with Crippen LogP contribution >= 0.6 is 0 Å². The second kappa shape index (κ2) is 10.4. The second-order valence-electron chi connectivity index (χ2n) is 6.63. The van der Waals surface area contributed by atoms with E-state index in [1.165, 1.54) is 0 Å². The number of benzene rings is 3. The van der Waals surface area contributed by atoms with Gasteiger partial charge in [0.1, 0.15) is 0 Å². The van der Waals surface area contributed by atoms with E-state index in [1.807, 2.05) is 42.5 Å². The maximum absolute atomic E-state index is 12.6. The molecule has 3 rings (SSSR count). The first-order valence-electron chi connectivity index (χ1n) is 9.61. The summed E-state index contributed by atoms with van der Waals surface area (Å²) < 4.78 is 0. The van der Waals surface area contributed by atoms with E-state index in [9.17, 15) is 9.59 Å². The molecule has 0 aliphatic rings. The van der Waals surface area contributed by atoms with Gasteiger partial charge in [0.15, 0.2) is 0 Å². The van der Waals surface area contributed by atoms with Crippen molar-refractivity contribution in [1.29, 1.82) is 5.26 Å². The lowest BCUT2D eigenvalue weighted by Crippen LogP contribution is -2.28. The Morgan fingerprint density at radius 1 is 0.867 bits per heavy atom. The molecule has 0 unspecified atom stereocenters. The lowest BCUT2D eigenvalue weighted by Gasteiger charge is -2.12. The molecule has 3 N–H and O–H groups in total. The van der Waals surface area contributed by atoms with Crippen LogP contribution < -0.4 is 16.0 Å². The van der Waals surface area contributed by atoms with Crippen molar-refractivity contribution >= 4 is 23.2 Å². The molecule has 30 heavy (non-hydrogen) atoms. The number of nitrogens with one attached hydrogen (secondary N) is 3. The molecule has 0 atom stereocenters. The van der Waals surface area contributed by atoms with E-state index in [2.05, 4.69) is 16.0 Å². The highest BCUT2D eigenvalue weighted by atomic mass is 16.2. The third-order valence-corrected chi connectivity index (χ3v) is 4.45. The number of anilines is 2. The summed E-state index contributed by atoms with van der Waals surface area (Å²) in [5, 5.41) is 17.5. The number of amides is 2. The minimum atomic E-state index is -0.251. The standard InChI is InChI=1S/C24H22N4O2/c25-16-19-10-12-20(13-11-19)28-23(29)17-27-22-9-5-4-8-21(22)24(30)26-15-14-18-6-2-1-3-7-18/h1-13,27H,14-15,17H2,(H,26,30)(H,28,29). The van der Waals surface area contributed by atoms with Crippen molar-refractivity contribution < 1.29 is 9.59 Å². The Kier molecular flexibility index (Phi) is 7.17. The zero-order chi connectivity index (χ0) is 21.2. The molecule has 0 spiro atoms. The quantitative estimate of drug-likeness (QED) is 0.541. The number of para-hydroxylation sites is 1. The fourth-order valence-electron chi connectivity index (χ4n) is 2.90. The van der Waals surface area contributed by atoms with Crippen molar-refractivity contribution in [3.05, 3.63) is 95.6 Å². The summed E-state index contributed by atoms with van der Waals surface area (Å²) in [5.74, 6) is -0.444. The molecular weight excluding hydrogens is 376 g/mol. The number of carbonyl (C=O) groups is 2. The SMILES string of the molecule is N#Cc1ccc(NC(=O)CNc2ccccc2C(=O)NCCc2ccccc2)cc1. The molecule has 0 saturated carbocycles. The zero-order valence-electron chi connectivity index (χ0n) is 16.4. The Bertz CT molecular complexity index is 1040. The topological polar surface area (TPSA) is 94.0 Å². The predicted molar refractivity (Wildman–Crippen MR) is 117 cm³/mol. The summed E-state index contributed by atoms with van der Waals surface area (Å²) in [6.45, 7) is 0.532. The molecule has 150 valence electrons. The van der Waals surface area contributed by atoms with Gasteiger partial charge in [0, 0.05) is 17.9 Å². The maximum atomic E-state index is 12.6. The van der Waals surface area contributed by atoms with Crippen LogP contribution in [0.3, 0.4) is 0 Å². The number of rotatable bonds is 8. The average Bonchev–Trinajstić information content (AvgIpc) is 2.79. The minimum absolute atomic E-state index is 0.00824. The molecule has 3 aromatic carbocycles. The van der Waals surface area contributed by atoms with Gasteiger partial charge < -0.3 is 16.0 Å². The van der Waals surface area contributed by atoms with Crippen molar-refractivity contribution in [3.8, 4) is 6.07 Å². The van der Waals surface area contributed by atoms with Crippen LogP contribution in [-0.2, 0) is 11.2 Å². The van der Waals surface area contributed by atoms with E-state index in [1.54, 1.807) is 42.5 Å². The molecule has 0 saturated heterocycles. The lowest BCUT2D eigenvalue weighted by molar-refractivity contribution is -0.114. The van der Waals surface area contributed by atoms with Crippen LogP contribution in [0.5, 0.6) is 0 Å². The summed E-state index contributed by atoms with van der Waals surface area (Å²) in [4.78, 5) is 24.8. The van der Waals surface area contributed by atoms with E-state index in [0.717, 1.165) is 12.0 Å². The van der Waals surface area contributed by atoms with Gasteiger partial charge in [-0.15, -0.1) is 0 Å². The summed E-state index contributed by atoms with van der Waals surface area (Å²) in [7, 11) is 0. The normalized spacial score (nSPS) is 9.97. The van der Waals surface area contributed by atoms with Gasteiger partial charge >= 0.3 is 0 Å². The largest absolute Gasteiger partial charge is 0.376 e. The van der Waals surface area contributed by atoms with Gasteiger partial charge in [-0.2, -0.15) is 5.26 Å². The Labute approximate surface area is 175 Å². The van der Waals surface area contributed by atoms with Crippen molar-refractivity contribution in [2.24, 2.45) is 0 Å². The highest BCUT2D eigenvalue weighted by Crippen LogP contribution is 2.15. The monoisotopic (exact) mass is 398 g/mol. The number of nitrogens with zero attached hydrogens (tertiary/aromatic N) is 1. The van der Waals surface area contributed by atoms with E-state index in [-0.39, 0.29) is 18.4 Å². The third-order valence-electron chi connectivity index (χ3n) is 4.45. The molecule has 0 fully saturated rings. The van der Waals surface area contributed by atoms with Crippen LogP contribution in [0, 0.1) is 11.3 Å². The van der Waals surface area contributed by atoms with Crippen molar-refractivity contribution in [2.75, 3.05) is 23.7 Å². The Morgan fingerprint density at radius 2 is 1.57 bits per heavy atom. The molecule has 0 heterocycles. The van der Waals surface area contributed by atoms with Crippen molar-refractivity contribution in [2.45, 2.75) is 6.42 Å². The van der Waals surface area contributed by atoms with Gasteiger partial charge in [-0.05, 0) is 48.4 Å². The van der Waals surface area contributed by atoms with Gasteiger partial charge in [0.05, 0.1) is 23.7 Å². The Hall–Kier alpha value is -4.11. The van der Waals surface area contributed by atoms with Crippen LogP contribution in [0.2, 0.25) is 0 Å².